The van der Waals surface area contributed by atoms with E-state index in [1.54, 1.807) is 0 Å². The van der Waals surface area contributed by atoms with Gasteiger partial charge in [0.25, 0.3) is 0 Å². The lowest BCUT2D eigenvalue weighted by Gasteiger charge is -2.13. The highest BCUT2D eigenvalue weighted by Gasteiger charge is 2.12. The molecule has 0 spiro atoms. The molecular weight excluding hydrogens is 454 g/mol. The lowest BCUT2D eigenvalue weighted by atomic mass is 10.0. The topological polar surface area (TPSA) is 27.5 Å². The van der Waals surface area contributed by atoms with E-state index in [2.05, 4.69) is 70.2 Å². The summed E-state index contributed by atoms with van der Waals surface area (Å²) in [6.07, 6.45) is 19.4. The normalized spacial score (nSPS) is 10.8. The predicted octanol–water partition coefficient (Wildman–Crippen LogP) is 8.82. The van der Waals surface area contributed by atoms with Crippen LogP contribution in [-0.2, 0) is 0 Å². The summed E-state index contributed by atoms with van der Waals surface area (Å²) in [4.78, 5) is 2.07. The van der Waals surface area contributed by atoms with E-state index in [1.165, 1.54) is 94.6 Å². The molecule has 1 N–H and O–H groups in total. The molecule has 0 unspecified atom stereocenters. The van der Waals surface area contributed by atoms with Gasteiger partial charge in [0.1, 0.15) is 5.75 Å². The number of guanidine groups is 1. The monoisotopic (exact) mass is 508 g/mol. The summed E-state index contributed by atoms with van der Waals surface area (Å²) in [7, 11) is 8.17. The second-order valence-electron chi connectivity index (χ2n) is 10.8. The number of hydrogen-bond acceptors (Lipinski definition) is 1. The molecule has 2 rings (SSSR count). The Bertz CT molecular complexity index is 867. The highest BCUT2D eigenvalue weighted by Crippen LogP contribution is 2.24. The molecule has 0 aliphatic carbocycles. The van der Waals surface area contributed by atoms with Gasteiger partial charge in [-0.1, -0.05) is 115 Å². The average Bonchev–Trinajstić information content (AvgIpc) is 2.90. The summed E-state index contributed by atoms with van der Waals surface area (Å²) in [6.45, 7) is 3.10. The Kier molecular flexibility index (Phi) is 15.5. The molecule has 37 heavy (non-hydrogen) atoms. The lowest BCUT2D eigenvalue weighted by Crippen LogP contribution is -2.36. The number of anilines is 1. The number of rotatable bonds is 18. The molecule has 0 amide bonds. The minimum Gasteiger partial charge on any atom is -0.494 e. The second-order valence-corrected chi connectivity index (χ2v) is 10.8. The molecule has 0 saturated heterocycles. The van der Waals surface area contributed by atoms with Gasteiger partial charge in [-0.25, -0.2) is 5.32 Å². The Morgan fingerprint density at radius 3 is 1.51 bits per heavy atom. The Balaban J connectivity index is 1.56. The standard InChI is InChI=1S/C33H53N3O/c1-6-7-8-9-10-11-12-13-14-15-16-17-18-19-28-37-32-26-22-30(23-27-32)29-20-24-31(25-21-29)34-33(35(2)3)36(4)5/h20-27H,6-19,28H2,1-5H3/p+1. The fourth-order valence-corrected chi connectivity index (χ4v) is 4.73. The molecule has 0 radical (unpaired) electrons. The smallest absolute Gasteiger partial charge is 0.352 e. The number of nitrogens with one attached hydrogen (secondary N) is 1. The zero-order valence-electron chi connectivity index (χ0n) is 24.5. The van der Waals surface area contributed by atoms with Crippen LogP contribution >= 0.6 is 0 Å². The first-order valence-corrected chi connectivity index (χ1v) is 14.8. The van der Waals surface area contributed by atoms with E-state index < -0.39 is 0 Å². The molecule has 0 fully saturated rings. The van der Waals surface area contributed by atoms with Crippen LogP contribution in [0.5, 0.6) is 5.75 Å². The Morgan fingerprint density at radius 1 is 0.649 bits per heavy atom. The fraction of sp³-hybridized carbons (Fsp3) is 0.606. The summed E-state index contributed by atoms with van der Waals surface area (Å²) in [5, 5.41) is 3.48. The summed E-state index contributed by atoms with van der Waals surface area (Å²) in [5.41, 5.74) is 3.49. The summed E-state index contributed by atoms with van der Waals surface area (Å²) in [5.74, 6) is 2.01. The molecule has 4 nitrogen and oxygen atoms in total. The van der Waals surface area contributed by atoms with Crippen molar-refractivity contribution in [3.8, 4) is 16.9 Å². The van der Waals surface area contributed by atoms with Gasteiger partial charge in [-0.3, -0.25) is 9.48 Å². The van der Waals surface area contributed by atoms with Crippen molar-refractivity contribution in [1.82, 2.24) is 4.90 Å². The molecule has 0 atom stereocenters. The molecular formula is C33H54N3O+. The lowest BCUT2D eigenvalue weighted by molar-refractivity contribution is -0.469. The number of benzene rings is 2. The van der Waals surface area contributed by atoms with Crippen LogP contribution in [0.2, 0.25) is 0 Å². The van der Waals surface area contributed by atoms with Crippen molar-refractivity contribution >= 4 is 11.6 Å². The zero-order chi connectivity index (χ0) is 26.7. The number of nitrogens with zero attached hydrogens (tertiary/aromatic N) is 2. The third kappa shape index (κ3) is 13.0. The molecule has 0 heterocycles. The maximum absolute atomic E-state index is 5.99. The van der Waals surface area contributed by atoms with Crippen molar-refractivity contribution in [3.63, 3.8) is 0 Å². The SMILES string of the molecule is CCCCCCCCCCCCCCCCOc1ccc(-c2ccc(NC(N(C)C)=[N+](C)C)cc2)cc1. The van der Waals surface area contributed by atoms with Crippen LogP contribution < -0.4 is 10.1 Å². The molecule has 0 aliphatic heterocycles. The van der Waals surface area contributed by atoms with Gasteiger partial charge in [-0.15, -0.1) is 0 Å². The van der Waals surface area contributed by atoms with Gasteiger partial charge < -0.3 is 4.74 Å². The minimum atomic E-state index is 0.814. The van der Waals surface area contributed by atoms with E-state index >= 15 is 0 Å². The van der Waals surface area contributed by atoms with Gasteiger partial charge in [0, 0.05) is 0 Å². The highest BCUT2D eigenvalue weighted by atomic mass is 16.5. The molecule has 0 saturated carbocycles. The highest BCUT2D eigenvalue weighted by molar-refractivity contribution is 5.89. The van der Waals surface area contributed by atoms with Crippen molar-refractivity contribution < 1.29 is 9.31 Å². The summed E-state index contributed by atoms with van der Waals surface area (Å²) < 4.78 is 8.06. The summed E-state index contributed by atoms with van der Waals surface area (Å²) >= 11 is 0. The van der Waals surface area contributed by atoms with E-state index in [4.69, 9.17) is 4.74 Å². The minimum absolute atomic E-state index is 0.814. The third-order valence-electron chi connectivity index (χ3n) is 6.94. The molecule has 0 bridgehead atoms. The maximum atomic E-state index is 5.99. The van der Waals surface area contributed by atoms with E-state index in [0.29, 0.717) is 0 Å². The Labute approximate surface area is 228 Å². The van der Waals surface area contributed by atoms with Crippen molar-refractivity contribution in [1.29, 1.82) is 0 Å². The second kappa shape index (κ2) is 18.7. The largest absolute Gasteiger partial charge is 0.494 e. The van der Waals surface area contributed by atoms with E-state index in [1.807, 2.05) is 28.2 Å². The van der Waals surface area contributed by atoms with Crippen LogP contribution in [0.25, 0.3) is 11.1 Å². The van der Waals surface area contributed by atoms with Crippen LogP contribution in [0.15, 0.2) is 48.5 Å². The summed E-state index contributed by atoms with van der Waals surface area (Å²) in [6, 6.07) is 17.1. The van der Waals surface area contributed by atoms with Crippen molar-refractivity contribution in [2.24, 2.45) is 0 Å². The Hall–Kier alpha value is -2.49. The quantitative estimate of drug-likeness (QED) is 0.0943. The first-order chi connectivity index (χ1) is 18.0. The number of unbranched alkanes of at least 4 members (excludes halogenated alkanes) is 13. The van der Waals surface area contributed by atoms with E-state index in [9.17, 15) is 0 Å². The van der Waals surface area contributed by atoms with Gasteiger partial charge in [0.2, 0.25) is 0 Å². The van der Waals surface area contributed by atoms with Crippen molar-refractivity contribution in [3.05, 3.63) is 48.5 Å². The molecule has 2 aromatic rings. The van der Waals surface area contributed by atoms with Gasteiger partial charge in [-0.2, -0.15) is 0 Å². The van der Waals surface area contributed by atoms with Crippen molar-refractivity contribution in [2.45, 2.75) is 96.8 Å². The van der Waals surface area contributed by atoms with Crippen LogP contribution in [0.4, 0.5) is 5.69 Å². The van der Waals surface area contributed by atoms with Crippen LogP contribution in [0.3, 0.4) is 0 Å². The first-order valence-electron chi connectivity index (χ1n) is 14.8. The van der Waals surface area contributed by atoms with Crippen LogP contribution in [0, 0.1) is 0 Å². The van der Waals surface area contributed by atoms with E-state index in [0.717, 1.165) is 30.4 Å². The fourth-order valence-electron chi connectivity index (χ4n) is 4.73. The van der Waals surface area contributed by atoms with Crippen LogP contribution in [0.1, 0.15) is 96.8 Å². The Morgan fingerprint density at radius 2 is 1.08 bits per heavy atom. The van der Waals surface area contributed by atoms with Gasteiger partial charge in [0.05, 0.1) is 40.5 Å². The molecule has 4 heteroatoms. The zero-order valence-corrected chi connectivity index (χ0v) is 24.5. The third-order valence-corrected chi connectivity index (χ3v) is 6.94. The van der Waals surface area contributed by atoms with E-state index in [-0.39, 0.29) is 0 Å². The first kappa shape index (κ1) is 30.7. The number of hydrogen-bond donors (Lipinski definition) is 1. The average molecular weight is 509 g/mol. The molecule has 0 aromatic heterocycles. The molecule has 206 valence electrons. The predicted molar refractivity (Wildman–Crippen MR) is 162 cm³/mol. The molecule has 0 aliphatic rings. The van der Waals surface area contributed by atoms with Crippen LogP contribution in [-0.4, -0.2) is 50.2 Å². The van der Waals surface area contributed by atoms with Crippen molar-refractivity contribution in [2.75, 3.05) is 40.1 Å². The van der Waals surface area contributed by atoms with Gasteiger partial charge >= 0.3 is 5.96 Å². The molecule has 2 aromatic carbocycles. The van der Waals surface area contributed by atoms with Gasteiger partial charge in [-0.05, 0) is 41.8 Å². The number of ether oxygens (including phenoxy) is 1. The van der Waals surface area contributed by atoms with Gasteiger partial charge in [0.15, 0.2) is 0 Å². The maximum Gasteiger partial charge on any atom is 0.352 e.